The van der Waals surface area contributed by atoms with Gasteiger partial charge in [0, 0.05) is 5.52 Å². The van der Waals surface area contributed by atoms with Crippen LogP contribution in [-0.4, -0.2) is 58.5 Å². The standard InChI is InChI=1S/C28H33N7O2/c1-19-11-12-23-20(17-19)18-22(28(36)29-23)26(27-30-31-32-35(27)21-7-3-4-8-21)34-15-13-33(14-16-34)24-9-5-6-10-25(24)37-2/h5-6,9-12,17-18,21,26H,3-4,7-8,13-16H2,1-2H3,(H,29,36)/p+1/t26-/m1/s1. The number of nitrogens with one attached hydrogen (secondary N) is 2. The summed E-state index contributed by atoms with van der Waals surface area (Å²) < 4.78 is 7.63. The molecule has 192 valence electrons. The Morgan fingerprint density at radius 1 is 1.08 bits per heavy atom. The molecule has 2 aliphatic rings. The van der Waals surface area contributed by atoms with Gasteiger partial charge in [-0.3, -0.25) is 4.79 Å². The highest BCUT2D eigenvalue weighted by Gasteiger charge is 2.38. The molecule has 2 fully saturated rings. The van der Waals surface area contributed by atoms with Crippen LogP contribution in [0.3, 0.4) is 0 Å². The first-order valence-electron chi connectivity index (χ1n) is 13.3. The summed E-state index contributed by atoms with van der Waals surface area (Å²) in [7, 11) is 1.72. The van der Waals surface area contributed by atoms with E-state index in [2.05, 4.69) is 50.5 Å². The Morgan fingerprint density at radius 2 is 1.86 bits per heavy atom. The van der Waals surface area contributed by atoms with Gasteiger partial charge in [0.1, 0.15) is 5.75 Å². The number of quaternary nitrogens is 1. The van der Waals surface area contributed by atoms with Gasteiger partial charge in [-0.1, -0.05) is 36.6 Å². The topological polar surface area (TPSA) is 93.4 Å². The summed E-state index contributed by atoms with van der Waals surface area (Å²) in [5.74, 6) is 1.68. The van der Waals surface area contributed by atoms with Crippen LogP contribution in [-0.2, 0) is 0 Å². The Bertz CT molecular complexity index is 1450. The predicted molar refractivity (Wildman–Crippen MR) is 142 cm³/mol. The van der Waals surface area contributed by atoms with Crippen molar-refractivity contribution < 1.29 is 9.64 Å². The van der Waals surface area contributed by atoms with Gasteiger partial charge < -0.3 is 19.5 Å². The van der Waals surface area contributed by atoms with E-state index in [1.54, 1.807) is 7.11 Å². The number of aryl methyl sites for hydroxylation is 1. The van der Waals surface area contributed by atoms with Crippen molar-refractivity contribution in [3.8, 4) is 5.75 Å². The van der Waals surface area contributed by atoms with Gasteiger partial charge >= 0.3 is 0 Å². The number of para-hydroxylation sites is 2. The van der Waals surface area contributed by atoms with Crippen molar-refractivity contribution in [2.24, 2.45) is 0 Å². The molecule has 0 radical (unpaired) electrons. The van der Waals surface area contributed by atoms with Gasteiger partial charge in [0.05, 0.1) is 50.6 Å². The molecule has 2 aromatic carbocycles. The lowest BCUT2D eigenvalue weighted by Crippen LogP contribution is -3.15. The number of methoxy groups -OCH3 is 1. The lowest BCUT2D eigenvalue weighted by molar-refractivity contribution is -0.927. The third kappa shape index (κ3) is 4.48. The zero-order valence-corrected chi connectivity index (χ0v) is 21.5. The van der Waals surface area contributed by atoms with Crippen LogP contribution < -0.4 is 20.1 Å². The van der Waals surface area contributed by atoms with Crippen LogP contribution in [0.25, 0.3) is 10.9 Å². The number of aromatic nitrogens is 5. The third-order valence-electron chi connectivity index (χ3n) is 8.03. The molecule has 1 atom stereocenters. The maximum absolute atomic E-state index is 13.5. The minimum absolute atomic E-state index is 0.0676. The molecule has 37 heavy (non-hydrogen) atoms. The second kappa shape index (κ2) is 9.97. The molecule has 2 aromatic heterocycles. The first-order valence-corrected chi connectivity index (χ1v) is 13.3. The monoisotopic (exact) mass is 500 g/mol. The van der Waals surface area contributed by atoms with Crippen LogP contribution in [0.2, 0.25) is 0 Å². The molecule has 4 aromatic rings. The van der Waals surface area contributed by atoms with E-state index in [1.807, 2.05) is 35.0 Å². The SMILES string of the molecule is COc1ccccc1N1CC[NH+]([C@H](c2cc3cc(C)ccc3[nH]c2=O)c2nnnn2C2CCCC2)CC1. The number of pyridine rings is 1. The first kappa shape index (κ1) is 23.7. The molecule has 3 heterocycles. The maximum Gasteiger partial charge on any atom is 0.258 e. The molecular weight excluding hydrogens is 466 g/mol. The molecule has 0 amide bonds. The first-order chi connectivity index (χ1) is 18.1. The highest BCUT2D eigenvalue weighted by Crippen LogP contribution is 2.32. The fourth-order valence-electron chi connectivity index (χ4n) is 6.11. The lowest BCUT2D eigenvalue weighted by Gasteiger charge is -2.37. The van der Waals surface area contributed by atoms with Crippen LogP contribution >= 0.6 is 0 Å². The van der Waals surface area contributed by atoms with Crippen molar-refractivity contribution in [3.05, 3.63) is 75.8 Å². The Hall–Kier alpha value is -3.72. The smallest absolute Gasteiger partial charge is 0.258 e. The molecule has 1 aliphatic heterocycles. The zero-order chi connectivity index (χ0) is 25.4. The molecule has 0 spiro atoms. The number of fused-ring (bicyclic) bond motifs is 1. The van der Waals surface area contributed by atoms with Crippen LogP contribution in [0.15, 0.2) is 53.3 Å². The van der Waals surface area contributed by atoms with E-state index >= 15 is 0 Å². The molecule has 0 unspecified atom stereocenters. The number of rotatable bonds is 6. The lowest BCUT2D eigenvalue weighted by atomic mass is 10.0. The van der Waals surface area contributed by atoms with Gasteiger partial charge in [0.2, 0.25) is 5.82 Å². The largest absolute Gasteiger partial charge is 0.495 e. The highest BCUT2D eigenvalue weighted by molar-refractivity contribution is 5.79. The average molecular weight is 501 g/mol. The molecule has 1 saturated carbocycles. The summed E-state index contributed by atoms with van der Waals surface area (Å²) >= 11 is 0. The van der Waals surface area contributed by atoms with Crippen molar-refractivity contribution in [3.63, 3.8) is 0 Å². The van der Waals surface area contributed by atoms with Crippen molar-refractivity contribution in [2.75, 3.05) is 38.2 Å². The normalized spacial score (nSPS) is 17.9. The number of nitrogens with zero attached hydrogens (tertiary/aromatic N) is 5. The summed E-state index contributed by atoms with van der Waals surface area (Å²) in [6.45, 7) is 5.48. The van der Waals surface area contributed by atoms with E-state index in [-0.39, 0.29) is 11.6 Å². The fourth-order valence-corrected chi connectivity index (χ4v) is 6.11. The highest BCUT2D eigenvalue weighted by atomic mass is 16.5. The summed E-state index contributed by atoms with van der Waals surface area (Å²) in [5.41, 5.74) is 3.78. The van der Waals surface area contributed by atoms with E-state index in [0.717, 1.165) is 78.3 Å². The third-order valence-corrected chi connectivity index (χ3v) is 8.03. The molecule has 2 N–H and O–H groups in total. The van der Waals surface area contributed by atoms with Crippen LogP contribution in [0, 0.1) is 6.92 Å². The van der Waals surface area contributed by atoms with Gasteiger partial charge in [0.15, 0.2) is 6.04 Å². The molecule has 9 heteroatoms. The number of piperazine rings is 1. The summed E-state index contributed by atoms with van der Waals surface area (Å²) in [4.78, 5) is 20.3. The van der Waals surface area contributed by atoms with Crippen LogP contribution in [0.5, 0.6) is 5.75 Å². The number of H-pyrrole nitrogens is 1. The van der Waals surface area contributed by atoms with Gasteiger partial charge in [-0.15, -0.1) is 5.10 Å². The minimum Gasteiger partial charge on any atom is -0.495 e. The Kier molecular flexibility index (Phi) is 6.38. The summed E-state index contributed by atoms with van der Waals surface area (Å²) in [6.07, 6.45) is 4.54. The van der Waals surface area contributed by atoms with Crippen molar-refractivity contribution >= 4 is 16.6 Å². The summed E-state index contributed by atoms with van der Waals surface area (Å²) in [5, 5.41) is 14.1. The van der Waals surface area contributed by atoms with E-state index in [1.165, 1.54) is 17.7 Å². The van der Waals surface area contributed by atoms with E-state index < -0.39 is 0 Å². The van der Waals surface area contributed by atoms with Crippen molar-refractivity contribution in [1.29, 1.82) is 0 Å². The Balaban J connectivity index is 1.39. The average Bonchev–Trinajstić information content (AvgIpc) is 3.62. The molecule has 1 aliphatic carbocycles. The number of hydrogen-bond acceptors (Lipinski definition) is 6. The molecule has 6 rings (SSSR count). The van der Waals surface area contributed by atoms with E-state index in [4.69, 9.17) is 4.74 Å². The second-order valence-corrected chi connectivity index (χ2v) is 10.3. The van der Waals surface area contributed by atoms with Crippen molar-refractivity contribution in [1.82, 2.24) is 25.2 Å². The Labute approximate surface area is 216 Å². The number of hydrogen-bond donors (Lipinski definition) is 2. The number of tetrazole rings is 1. The van der Waals surface area contributed by atoms with E-state index in [0.29, 0.717) is 6.04 Å². The van der Waals surface area contributed by atoms with E-state index in [9.17, 15) is 4.79 Å². The van der Waals surface area contributed by atoms with Gasteiger partial charge in [-0.05, 0) is 65.9 Å². The number of aromatic amines is 1. The van der Waals surface area contributed by atoms with Gasteiger partial charge in [-0.25, -0.2) is 4.68 Å². The van der Waals surface area contributed by atoms with Gasteiger partial charge in [-0.2, -0.15) is 0 Å². The molecule has 0 bridgehead atoms. The van der Waals surface area contributed by atoms with Crippen molar-refractivity contribution in [2.45, 2.75) is 44.7 Å². The summed E-state index contributed by atoms with van der Waals surface area (Å²) in [6, 6.07) is 16.4. The quantitative estimate of drug-likeness (QED) is 0.423. The molecule has 1 saturated heterocycles. The fraction of sp³-hybridized carbons (Fsp3) is 0.429. The van der Waals surface area contributed by atoms with Crippen LogP contribution in [0.1, 0.15) is 54.7 Å². The Morgan fingerprint density at radius 3 is 2.65 bits per heavy atom. The molecule has 9 nitrogen and oxygen atoms in total. The maximum atomic E-state index is 13.5. The zero-order valence-electron chi connectivity index (χ0n) is 21.5. The number of benzene rings is 2. The second-order valence-electron chi connectivity index (χ2n) is 10.3. The van der Waals surface area contributed by atoms with Crippen LogP contribution in [0.4, 0.5) is 5.69 Å². The molecular formula is C28H34N7O2+. The number of ether oxygens (including phenoxy) is 1. The van der Waals surface area contributed by atoms with Gasteiger partial charge in [0.25, 0.3) is 5.56 Å². The minimum atomic E-state index is -0.246. The number of anilines is 1. The predicted octanol–water partition coefficient (Wildman–Crippen LogP) is 2.44.